The van der Waals surface area contributed by atoms with Gasteiger partial charge in [-0.1, -0.05) is 18.2 Å². The molecule has 1 N–H and O–H groups in total. The maximum absolute atomic E-state index is 14.5. The Morgan fingerprint density at radius 3 is 2.74 bits per heavy atom. The van der Waals surface area contributed by atoms with Crippen LogP contribution in [0.2, 0.25) is 0 Å². The number of nitrogens with zero attached hydrogens (tertiary/aromatic N) is 6. The van der Waals surface area contributed by atoms with Gasteiger partial charge in [0.1, 0.15) is 5.82 Å². The summed E-state index contributed by atoms with van der Waals surface area (Å²) in [4.78, 5) is 13.1. The summed E-state index contributed by atoms with van der Waals surface area (Å²) >= 11 is 0. The summed E-state index contributed by atoms with van der Waals surface area (Å²) in [5, 5.41) is 21.6. The third-order valence-corrected chi connectivity index (χ3v) is 4.72. The van der Waals surface area contributed by atoms with Crippen LogP contribution in [0.4, 0.5) is 13.2 Å². The minimum atomic E-state index is -2.93. The molecule has 1 aliphatic heterocycles. The van der Waals surface area contributed by atoms with Crippen molar-refractivity contribution in [3.63, 3.8) is 0 Å². The standard InChI is InChI=1S/C19H12F3N7O2/c20-14-5-9(1-4-12(14)18-25-26-19(31-18)15(21)22)8-29-27-16(24-28-29)10-2-3-11-7-23-17(30)13(11)6-10/h1-6,15H,7-8H2,(H,23,30). The van der Waals surface area contributed by atoms with Gasteiger partial charge in [-0.25, -0.2) is 4.39 Å². The average Bonchev–Trinajstić information content (AvgIpc) is 3.49. The predicted octanol–water partition coefficient (Wildman–Crippen LogP) is 2.76. The second kappa shape index (κ2) is 7.31. The highest BCUT2D eigenvalue weighted by Crippen LogP contribution is 2.26. The lowest BCUT2D eigenvalue weighted by atomic mass is 10.1. The van der Waals surface area contributed by atoms with Gasteiger partial charge in [0.15, 0.2) is 0 Å². The molecule has 2 aromatic heterocycles. The van der Waals surface area contributed by atoms with E-state index in [1.807, 2.05) is 6.07 Å². The molecule has 31 heavy (non-hydrogen) atoms. The van der Waals surface area contributed by atoms with E-state index in [1.54, 1.807) is 18.2 Å². The van der Waals surface area contributed by atoms with Crippen molar-refractivity contribution in [2.24, 2.45) is 0 Å². The highest BCUT2D eigenvalue weighted by Gasteiger charge is 2.21. The van der Waals surface area contributed by atoms with Crippen LogP contribution in [0.15, 0.2) is 40.8 Å². The number of fused-ring (bicyclic) bond motifs is 1. The van der Waals surface area contributed by atoms with Crippen molar-refractivity contribution in [1.82, 2.24) is 35.7 Å². The van der Waals surface area contributed by atoms with E-state index < -0.39 is 18.1 Å². The van der Waals surface area contributed by atoms with E-state index in [-0.39, 0.29) is 23.9 Å². The van der Waals surface area contributed by atoms with Crippen molar-refractivity contribution in [2.75, 3.05) is 0 Å². The van der Waals surface area contributed by atoms with Crippen LogP contribution >= 0.6 is 0 Å². The van der Waals surface area contributed by atoms with E-state index in [2.05, 4.69) is 30.9 Å². The van der Waals surface area contributed by atoms with Crippen molar-refractivity contribution in [3.05, 3.63) is 64.8 Å². The molecular weight excluding hydrogens is 415 g/mol. The fourth-order valence-corrected chi connectivity index (χ4v) is 3.20. The summed E-state index contributed by atoms with van der Waals surface area (Å²) in [5.74, 6) is -1.75. The van der Waals surface area contributed by atoms with E-state index in [4.69, 9.17) is 4.42 Å². The van der Waals surface area contributed by atoms with Crippen molar-refractivity contribution in [2.45, 2.75) is 19.5 Å². The van der Waals surface area contributed by atoms with Crippen molar-refractivity contribution in [3.8, 4) is 22.8 Å². The Morgan fingerprint density at radius 2 is 1.97 bits per heavy atom. The van der Waals surface area contributed by atoms with E-state index in [1.165, 1.54) is 16.9 Å². The van der Waals surface area contributed by atoms with Gasteiger partial charge >= 0.3 is 6.43 Å². The van der Waals surface area contributed by atoms with Gasteiger partial charge in [-0.05, 0) is 34.5 Å². The van der Waals surface area contributed by atoms with Gasteiger partial charge in [0.25, 0.3) is 17.7 Å². The molecule has 9 nitrogen and oxygen atoms in total. The van der Waals surface area contributed by atoms with E-state index in [9.17, 15) is 18.0 Å². The lowest BCUT2D eigenvalue weighted by Crippen LogP contribution is -2.12. The zero-order chi connectivity index (χ0) is 21.5. The molecule has 0 spiro atoms. The van der Waals surface area contributed by atoms with Crippen LogP contribution in [0.1, 0.15) is 33.8 Å². The molecule has 4 aromatic rings. The number of tetrazole rings is 1. The Kier molecular flexibility index (Phi) is 4.46. The maximum Gasteiger partial charge on any atom is 0.314 e. The molecule has 0 radical (unpaired) electrons. The first kappa shape index (κ1) is 18.9. The molecular formula is C19H12F3N7O2. The van der Waals surface area contributed by atoms with Crippen LogP contribution in [-0.2, 0) is 13.1 Å². The maximum atomic E-state index is 14.5. The largest absolute Gasteiger partial charge is 0.415 e. The molecule has 1 amide bonds. The lowest BCUT2D eigenvalue weighted by molar-refractivity contribution is 0.0965. The van der Waals surface area contributed by atoms with Gasteiger partial charge in [0, 0.05) is 17.7 Å². The molecule has 2 aromatic carbocycles. The number of benzene rings is 2. The molecule has 0 fully saturated rings. The fourth-order valence-electron chi connectivity index (χ4n) is 3.20. The topological polar surface area (TPSA) is 112 Å². The number of hydrogen-bond donors (Lipinski definition) is 1. The number of carbonyl (C=O) groups excluding carboxylic acids is 1. The Balaban J connectivity index is 1.35. The summed E-state index contributed by atoms with van der Waals surface area (Å²) in [5.41, 5.74) is 2.52. The van der Waals surface area contributed by atoms with Crippen LogP contribution < -0.4 is 5.32 Å². The average molecular weight is 427 g/mol. The molecule has 5 rings (SSSR count). The Bertz CT molecular complexity index is 1300. The molecule has 0 saturated carbocycles. The van der Waals surface area contributed by atoms with Crippen LogP contribution in [-0.4, -0.2) is 36.3 Å². The SMILES string of the molecule is O=C1NCc2ccc(-c3nnn(Cc4ccc(-c5nnc(C(F)F)o5)c(F)c4)n3)cc21. The molecule has 1 aliphatic rings. The highest BCUT2D eigenvalue weighted by molar-refractivity contribution is 5.99. The molecule has 0 atom stereocenters. The second-order valence-electron chi connectivity index (χ2n) is 6.76. The first-order valence-corrected chi connectivity index (χ1v) is 9.07. The number of carbonyl (C=O) groups is 1. The first-order valence-electron chi connectivity index (χ1n) is 9.07. The molecule has 3 heterocycles. The van der Waals surface area contributed by atoms with Gasteiger partial charge in [0.05, 0.1) is 12.1 Å². The molecule has 0 saturated heterocycles. The predicted molar refractivity (Wildman–Crippen MR) is 98.2 cm³/mol. The minimum Gasteiger partial charge on any atom is -0.415 e. The summed E-state index contributed by atoms with van der Waals surface area (Å²) in [6.45, 7) is 0.602. The van der Waals surface area contributed by atoms with Crippen molar-refractivity contribution >= 4 is 5.91 Å². The number of rotatable bonds is 5. The molecule has 12 heteroatoms. The van der Waals surface area contributed by atoms with Gasteiger partial charge in [-0.3, -0.25) is 4.79 Å². The Labute approximate surface area is 171 Å². The minimum absolute atomic E-state index is 0.0909. The number of hydrogen-bond acceptors (Lipinski definition) is 7. The smallest absolute Gasteiger partial charge is 0.314 e. The third kappa shape index (κ3) is 3.52. The van der Waals surface area contributed by atoms with Gasteiger partial charge in [-0.2, -0.15) is 13.6 Å². The first-order chi connectivity index (χ1) is 15.0. The van der Waals surface area contributed by atoms with Crippen LogP contribution in [0.3, 0.4) is 0 Å². The second-order valence-corrected chi connectivity index (χ2v) is 6.76. The van der Waals surface area contributed by atoms with Crippen molar-refractivity contribution < 1.29 is 22.4 Å². The van der Waals surface area contributed by atoms with E-state index in [0.717, 1.165) is 5.56 Å². The van der Waals surface area contributed by atoms with E-state index >= 15 is 0 Å². The Morgan fingerprint density at radius 1 is 1.10 bits per heavy atom. The van der Waals surface area contributed by atoms with Crippen LogP contribution in [0.25, 0.3) is 22.8 Å². The van der Waals surface area contributed by atoms with Gasteiger partial charge < -0.3 is 9.73 Å². The Hall–Kier alpha value is -4.09. The van der Waals surface area contributed by atoms with Crippen LogP contribution in [0.5, 0.6) is 0 Å². The number of nitrogens with one attached hydrogen (secondary N) is 1. The normalized spacial score (nSPS) is 13.0. The van der Waals surface area contributed by atoms with Gasteiger partial charge in [0.2, 0.25) is 5.82 Å². The highest BCUT2D eigenvalue weighted by atomic mass is 19.3. The number of alkyl halides is 2. The zero-order valence-corrected chi connectivity index (χ0v) is 15.6. The summed E-state index contributed by atoms with van der Waals surface area (Å²) < 4.78 is 44.4. The molecule has 0 bridgehead atoms. The third-order valence-electron chi connectivity index (χ3n) is 4.72. The number of halogens is 3. The molecule has 0 aliphatic carbocycles. The van der Waals surface area contributed by atoms with Gasteiger partial charge in [-0.15, -0.1) is 20.4 Å². The molecule has 156 valence electrons. The monoisotopic (exact) mass is 427 g/mol. The lowest BCUT2D eigenvalue weighted by Gasteiger charge is -2.03. The van der Waals surface area contributed by atoms with E-state index in [0.29, 0.717) is 29.1 Å². The summed E-state index contributed by atoms with van der Waals surface area (Å²) in [6, 6.07) is 9.44. The quantitative estimate of drug-likeness (QED) is 0.521. The summed E-state index contributed by atoms with van der Waals surface area (Å²) in [7, 11) is 0. The number of aromatic nitrogens is 6. The molecule has 0 unspecified atom stereocenters. The van der Waals surface area contributed by atoms with Crippen molar-refractivity contribution in [1.29, 1.82) is 0 Å². The van der Waals surface area contributed by atoms with Crippen LogP contribution in [0, 0.1) is 5.82 Å². The zero-order valence-electron chi connectivity index (χ0n) is 15.6. The fraction of sp³-hybridized carbons (Fsp3) is 0.158. The number of amides is 1. The summed E-state index contributed by atoms with van der Waals surface area (Å²) in [6.07, 6.45) is -2.93.